The first-order valence-corrected chi connectivity index (χ1v) is 12.0. The Morgan fingerprint density at radius 3 is 1.31 bits per heavy atom. The molecule has 0 atom stereocenters. The zero-order chi connectivity index (χ0) is 23.9. The fraction of sp³-hybridized carbons (Fsp3) is 0. The Hall–Kier alpha value is -3.51. The summed E-state index contributed by atoms with van der Waals surface area (Å²) >= 11 is 0. The van der Waals surface area contributed by atoms with Crippen LogP contribution < -0.4 is 24.8 Å². The van der Waals surface area contributed by atoms with Gasteiger partial charge in [0.05, 0.1) is 34.7 Å². The Morgan fingerprint density at radius 2 is 0.872 bits per heavy atom. The van der Waals surface area contributed by atoms with E-state index in [9.17, 15) is 0 Å². The summed E-state index contributed by atoms with van der Waals surface area (Å²) in [4.78, 5) is 8.86. The monoisotopic (exact) mass is 712 g/mol. The molecule has 0 N–H and O–H groups in total. The first kappa shape index (κ1) is 28.5. The van der Waals surface area contributed by atoms with Crippen LogP contribution in [0.5, 0.6) is 0 Å². The van der Waals surface area contributed by atoms with Crippen molar-refractivity contribution in [2.75, 3.05) is 0 Å². The van der Waals surface area contributed by atoms with Gasteiger partial charge in [-0.3, -0.25) is 0 Å². The fourth-order valence-corrected chi connectivity index (χ4v) is 4.88. The largest absolute Gasteiger partial charge is 4.00 e. The van der Waals surface area contributed by atoms with Crippen molar-refractivity contribution in [3.63, 3.8) is 0 Å². The van der Waals surface area contributed by atoms with Gasteiger partial charge in [-0.15, -0.1) is 82.2 Å². The Bertz CT molecular complexity index is 1770. The molecule has 0 fully saturated rings. The van der Waals surface area contributed by atoms with Crippen LogP contribution in [0.15, 0.2) is 134 Å². The van der Waals surface area contributed by atoms with Crippen LogP contribution in [0.25, 0.3) is 55.0 Å². The minimum atomic E-state index is 0. The third-order valence-corrected chi connectivity index (χ3v) is 6.67. The van der Waals surface area contributed by atoms with Crippen molar-refractivity contribution >= 4 is 43.6 Å². The van der Waals surface area contributed by atoms with Gasteiger partial charge in [0.2, 0.25) is 0 Å². The average Bonchev–Trinajstić information content (AvgIpc) is 3.71. The van der Waals surface area contributed by atoms with Crippen LogP contribution in [0, 0.1) is 0 Å². The molecule has 0 radical (unpaired) electrons. The predicted molar refractivity (Wildman–Crippen MR) is 148 cm³/mol. The van der Waals surface area contributed by atoms with E-state index in [-0.39, 0.29) is 50.7 Å². The summed E-state index contributed by atoms with van der Waals surface area (Å²) in [6, 6.07) is 42.0. The van der Waals surface area contributed by atoms with Gasteiger partial charge < -0.3 is 33.9 Å². The van der Waals surface area contributed by atoms with E-state index in [1.807, 2.05) is 49.1 Å². The van der Waals surface area contributed by atoms with E-state index in [0.29, 0.717) is 0 Å². The van der Waals surface area contributed by atoms with Crippen molar-refractivity contribution in [3.05, 3.63) is 134 Å². The first-order chi connectivity index (χ1) is 17.8. The van der Waals surface area contributed by atoms with Crippen LogP contribution in [0.1, 0.15) is 0 Å². The number of halogens is 2. The van der Waals surface area contributed by atoms with Crippen molar-refractivity contribution in [1.82, 2.24) is 19.1 Å². The van der Waals surface area contributed by atoms with Crippen LogP contribution in [0.2, 0.25) is 0 Å². The van der Waals surface area contributed by atoms with Crippen LogP contribution in [-0.4, -0.2) is 19.1 Å². The number of fused-ring (bicyclic) bond motifs is 4. The second-order valence-corrected chi connectivity index (χ2v) is 8.89. The number of hydrogen-bond donors (Lipinski definition) is 0. The van der Waals surface area contributed by atoms with Gasteiger partial charge in [-0.1, -0.05) is 36.4 Å². The first-order valence-electron chi connectivity index (χ1n) is 12.0. The number of rotatable bonds is 2. The van der Waals surface area contributed by atoms with Gasteiger partial charge in [0.25, 0.3) is 0 Å². The van der Waals surface area contributed by atoms with E-state index in [1.165, 1.54) is 32.9 Å². The smallest absolute Gasteiger partial charge is 1.00 e. The molecular formula is C32H22Cl2HfN4. The molecule has 0 saturated heterocycles. The van der Waals surface area contributed by atoms with Crippen LogP contribution in [0.3, 0.4) is 0 Å². The summed E-state index contributed by atoms with van der Waals surface area (Å²) in [6.07, 6.45) is 3.78. The van der Waals surface area contributed by atoms with Gasteiger partial charge in [-0.05, 0) is 35.6 Å². The number of aromatic nitrogens is 4. The van der Waals surface area contributed by atoms with Crippen molar-refractivity contribution < 1.29 is 50.7 Å². The molecule has 2 aromatic heterocycles. The summed E-state index contributed by atoms with van der Waals surface area (Å²) < 4.78 is 4.27. The fourth-order valence-electron chi connectivity index (χ4n) is 4.88. The van der Waals surface area contributed by atoms with E-state index in [2.05, 4.69) is 104 Å². The standard InChI is InChI=1S/2C16H11N2.2ClH.Hf/c2*1-2-6-13-10-14(9-12(13)5-1)18-11-17-15-7-3-4-8-16(15)18;;;/h2*1-11H;2*1H;/q2*-1;;;+4/p-2. The van der Waals surface area contributed by atoms with E-state index in [4.69, 9.17) is 0 Å². The number of para-hydroxylation sites is 4. The number of benzene rings is 4. The Morgan fingerprint density at radius 1 is 0.487 bits per heavy atom. The molecule has 39 heavy (non-hydrogen) atoms. The van der Waals surface area contributed by atoms with Gasteiger partial charge in [-0.2, -0.15) is 0 Å². The number of imidazole rings is 2. The number of hydrogen-bond acceptors (Lipinski definition) is 2. The molecule has 0 aliphatic heterocycles. The number of nitrogens with zero attached hydrogens (tertiary/aromatic N) is 4. The maximum atomic E-state index is 4.43. The summed E-state index contributed by atoms with van der Waals surface area (Å²) in [5.41, 5.74) is 6.70. The molecule has 8 aromatic rings. The molecule has 6 aromatic carbocycles. The van der Waals surface area contributed by atoms with Crippen molar-refractivity contribution in [2.24, 2.45) is 0 Å². The normalized spacial score (nSPS) is 10.5. The zero-order valence-electron chi connectivity index (χ0n) is 20.7. The molecular weight excluding hydrogens is 690 g/mol. The molecule has 7 heteroatoms. The van der Waals surface area contributed by atoms with Crippen molar-refractivity contribution in [3.8, 4) is 11.4 Å². The summed E-state index contributed by atoms with van der Waals surface area (Å²) in [5, 5.41) is 5.08. The molecule has 188 valence electrons. The Balaban J connectivity index is 0.000000168. The van der Waals surface area contributed by atoms with Gasteiger partial charge in [0.15, 0.2) is 0 Å². The summed E-state index contributed by atoms with van der Waals surface area (Å²) in [7, 11) is 0. The van der Waals surface area contributed by atoms with Gasteiger partial charge >= 0.3 is 25.8 Å². The van der Waals surface area contributed by atoms with Gasteiger partial charge in [0.1, 0.15) is 0 Å². The summed E-state index contributed by atoms with van der Waals surface area (Å²) in [6.45, 7) is 0. The van der Waals surface area contributed by atoms with Crippen LogP contribution in [0.4, 0.5) is 0 Å². The van der Waals surface area contributed by atoms with Gasteiger partial charge in [0, 0.05) is 0 Å². The molecule has 0 aliphatic carbocycles. The van der Waals surface area contributed by atoms with E-state index >= 15 is 0 Å². The minimum absolute atomic E-state index is 0. The molecule has 4 nitrogen and oxygen atoms in total. The molecule has 2 heterocycles. The molecule has 8 rings (SSSR count). The molecule has 0 spiro atoms. The Kier molecular flexibility index (Phi) is 8.86. The Labute approximate surface area is 257 Å². The van der Waals surface area contributed by atoms with Crippen LogP contribution in [-0.2, 0) is 25.8 Å². The second-order valence-electron chi connectivity index (χ2n) is 8.89. The topological polar surface area (TPSA) is 35.6 Å². The maximum absolute atomic E-state index is 4.43. The van der Waals surface area contributed by atoms with Crippen molar-refractivity contribution in [1.29, 1.82) is 0 Å². The SMILES string of the molecule is [Cl-].[Cl-].[Hf+4].c1ccc2[cH-]c(-n3cnc4ccccc43)cc2c1.c1ccc2[cH-]c(-n3cnc4ccccc43)cc2c1. The molecule has 0 saturated carbocycles. The maximum Gasteiger partial charge on any atom is 4.00 e. The quantitative estimate of drug-likeness (QED) is 0.203. The van der Waals surface area contributed by atoms with Gasteiger partial charge in [-0.25, -0.2) is 9.97 Å². The van der Waals surface area contributed by atoms with Crippen molar-refractivity contribution in [2.45, 2.75) is 0 Å². The zero-order valence-corrected chi connectivity index (χ0v) is 25.9. The molecule has 0 amide bonds. The van der Waals surface area contributed by atoms with E-state index in [0.717, 1.165) is 22.1 Å². The average molecular weight is 712 g/mol. The van der Waals surface area contributed by atoms with E-state index in [1.54, 1.807) is 0 Å². The molecule has 0 unspecified atom stereocenters. The predicted octanol–water partition coefficient (Wildman–Crippen LogP) is 1.80. The third kappa shape index (κ3) is 5.35. The summed E-state index contributed by atoms with van der Waals surface area (Å²) in [5.74, 6) is 0. The third-order valence-electron chi connectivity index (χ3n) is 6.67. The van der Waals surface area contributed by atoms with E-state index < -0.39 is 0 Å². The second kappa shape index (κ2) is 12.1. The van der Waals surface area contributed by atoms with Crippen LogP contribution >= 0.6 is 0 Å². The molecule has 0 bridgehead atoms. The molecule has 0 aliphatic rings. The minimum Gasteiger partial charge on any atom is -1.00 e.